The van der Waals surface area contributed by atoms with Crippen molar-refractivity contribution >= 4 is 298 Å². The molecule has 3 saturated carbocycles. The van der Waals surface area contributed by atoms with Gasteiger partial charge in [-0.2, -0.15) is 10.5 Å². The van der Waals surface area contributed by atoms with Crippen molar-refractivity contribution in [2.24, 2.45) is 0 Å². The van der Waals surface area contributed by atoms with Gasteiger partial charge in [0.25, 0.3) is 0 Å². The number of carbonyl (C=O) groups is 3. The Balaban J connectivity index is 0.000000116. The molecule has 0 bridgehead atoms. The smallest absolute Gasteiger partial charge is 0.314 e. The number of ether oxygens (including phenoxy) is 2. The van der Waals surface area contributed by atoms with E-state index in [1.165, 1.54) is 55.4 Å². The molecule has 2 atom stereocenters. The highest BCUT2D eigenvalue weighted by atomic mass is 79.9. The predicted molar refractivity (Wildman–Crippen MR) is 534 cm³/mol. The summed E-state index contributed by atoms with van der Waals surface area (Å²) in [5, 5.41) is 68.4. The fourth-order valence-corrected chi connectivity index (χ4v) is 24.7. The molecule has 3 aliphatic carbocycles. The molecule has 125 heavy (non-hydrogen) atoms. The van der Waals surface area contributed by atoms with Crippen molar-refractivity contribution in [1.82, 2.24) is 10.2 Å². The summed E-state index contributed by atoms with van der Waals surface area (Å²) in [6.07, 6.45) is 7.93. The Morgan fingerprint density at radius 1 is 0.472 bits per heavy atom. The van der Waals surface area contributed by atoms with Gasteiger partial charge in [0.2, 0.25) is 5.91 Å². The van der Waals surface area contributed by atoms with Crippen LogP contribution in [0, 0.1) is 22.7 Å². The number of fused-ring (bicyclic) bond motifs is 9. The fourth-order valence-electron chi connectivity index (χ4n) is 14.5. The zero-order valence-corrected chi connectivity index (χ0v) is 80.4. The Kier molecular flexibility index (Phi) is 30.6. The second kappa shape index (κ2) is 41.5. The van der Waals surface area contributed by atoms with Crippen LogP contribution < -0.4 is 14.8 Å². The van der Waals surface area contributed by atoms with E-state index in [0.717, 1.165) is 178 Å². The third-order valence-corrected chi connectivity index (χ3v) is 33.7. The number of rotatable bonds is 14. The number of hydrogen-bond donors (Lipinski definition) is 4. The number of likely N-dealkylation sites (tertiary alicyclic amines) is 1. The molecule has 638 valence electrons. The molecule has 4 fully saturated rings. The van der Waals surface area contributed by atoms with Crippen molar-refractivity contribution in [3.05, 3.63) is 298 Å². The molecule has 5 aliphatic rings. The number of aliphatic hydroxyl groups is 2. The van der Waals surface area contributed by atoms with Gasteiger partial charge in [0.05, 0.1) is 46.9 Å². The molecule has 12 nitrogen and oxygen atoms in total. The van der Waals surface area contributed by atoms with Crippen LogP contribution in [0.25, 0.3) is 80.7 Å². The van der Waals surface area contributed by atoms with Gasteiger partial charge in [-0.1, -0.05) is 115 Å². The zero-order chi connectivity index (χ0) is 87.7. The first-order chi connectivity index (χ1) is 60.4. The number of alkyl halides is 1. The van der Waals surface area contributed by atoms with Crippen molar-refractivity contribution in [2.45, 2.75) is 98.1 Å². The van der Waals surface area contributed by atoms with E-state index in [9.17, 15) is 24.6 Å². The Morgan fingerprint density at radius 2 is 0.880 bits per heavy atom. The number of hydrogen-bond acceptors (Lipinski definition) is 18. The van der Waals surface area contributed by atoms with Crippen LogP contribution >= 0.6 is 199 Å². The van der Waals surface area contributed by atoms with E-state index in [1.54, 1.807) is 79.4 Å². The molecule has 0 radical (unpaired) electrons. The molecule has 22 rings (SSSR count). The molecular weight excluding hydrogens is 1960 g/mol. The van der Waals surface area contributed by atoms with Crippen LogP contribution in [0.5, 0.6) is 11.5 Å². The van der Waals surface area contributed by atoms with Gasteiger partial charge in [-0.05, 0) is 325 Å². The third-order valence-electron chi connectivity index (χ3n) is 21.6. The molecule has 9 aromatic carbocycles. The first-order valence-corrected chi connectivity index (χ1v) is 50.3. The minimum Gasteiger partial charge on any atom is -0.486 e. The van der Waals surface area contributed by atoms with Crippen LogP contribution in [0.15, 0.2) is 218 Å². The number of aldehydes is 1. The summed E-state index contributed by atoms with van der Waals surface area (Å²) in [6, 6.07) is 72.4. The highest BCUT2D eigenvalue weighted by Gasteiger charge is 2.54. The van der Waals surface area contributed by atoms with E-state index in [0.29, 0.717) is 52.7 Å². The number of thiophene rings is 8. The van der Waals surface area contributed by atoms with Crippen molar-refractivity contribution in [3.8, 4) is 23.6 Å². The van der Waals surface area contributed by atoms with E-state index in [-0.39, 0.29) is 17.9 Å². The molecule has 2 aliphatic heterocycles. The highest BCUT2D eigenvalue weighted by molar-refractivity contribution is 9.08. The zero-order valence-electron chi connectivity index (χ0n) is 66.2. The Hall–Kier alpha value is -7.47. The second-order valence-electron chi connectivity index (χ2n) is 30.3. The number of nitriles is 2. The average molecular weight is 2030 g/mol. The van der Waals surface area contributed by atoms with Crippen LogP contribution in [0.3, 0.4) is 0 Å². The largest absolute Gasteiger partial charge is 0.486 e. The van der Waals surface area contributed by atoms with Gasteiger partial charge in [-0.15, -0.1) is 90.7 Å². The number of carbonyl (C=O) groups excluding carboxylic acids is 2. The van der Waals surface area contributed by atoms with E-state index < -0.39 is 28.9 Å². The van der Waals surface area contributed by atoms with E-state index in [2.05, 4.69) is 74.0 Å². The molecule has 10 heterocycles. The normalized spacial score (nSPS) is 15.1. The molecule has 8 aromatic heterocycles. The summed E-state index contributed by atoms with van der Waals surface area (Å²) in [6.45, 7) is 3.71. The molecular formula is C96H75BrCl8N4O8S8. The van der Waals surface area contributed by atoms with Crippen LogP contribution in [0.4, 0.5) is 0 Å². The van der Waals surface area contributed by atoms with Crippen LogP contribution in [-0.4, -0.2) is 77.3 Å². The van der Waals surface area contributed by atoms with Gasteiger partial charge in [-0.3, -0.25) is 14.4 Å². The van der Waals surface area contributed by atoms with E-state index in [1.807, 2.05) is 182 Å². The predicted octanol–water partition coefficient (Wildman–Crippen LogP) is 30.5. The van der Waals surface area contributed by atoms with E-state index >= 15 is 0 Å². The van der Waals surface area contributed by atoms with Gasteiger partial charge < -0.3 is 35.0 Å². The number of carboxylic acid groups (broad SMARTS) is 1. The Bertz CT molecular complexity index is 6800. The number of carboxylic acids is 1. The van der Waals surface area contributed by atoms with Gasteiger partial charge in [0.15, 0.2) is 17.8 Å². The maximum absolute atomic E-state index is 13.7. The number of halogens is 9. The summed E-state index contributed by atoms with van der Waals surface area (Å²) in [4.78, 5) is 45.1. The fraction of sp³-hybridized carbons (Fsp3) is 0.219. The standard InChI is InChI=1S/C27H29ClN2O4S.C12H8ClNS.C12H9ClO2S.C10H6ClNS.C9H6BrClS.C9H7ClOS.C9H5ClOS.C8H5ClS/c28-19-4-6-23-18(13-19)15-24(35-23)27(7-8-27)26(32)29-20(16-30-9-1-2-10-30)25(31)17-3-5-21-22(14-17)34-12-11-33-21;13-9-1-2-10-8(5-9)6-11(15-10)12(7-14)3-4-12;13-8-1-2-9-7(5-8)6-10(16-9)12(3-4-12)11(14)15;11-8-1-2-10-7(5-8)6-9(13-10)3-4-12;10-5-8-4-6-3-7(11)1-2-9(6)12-8;2*10-7-1-2-9-6(3-7)4-8(5-11)12-9;9-7-1-2-8-6(5-7)3-4-10-8/h3-6,13-15,20,25,31H,1-2,7-12,16H2,(H,29,32);1-2,5-6H,3-4H2;1-2,5-6H,3-4H2,(H,14,15);1-2,5-6H,3H2;1-4H,5H2;1-4,11H,5H2;1-5H;1-5H/t20-,25-;;;;;;;/m1......./s1. The van der Waals surface area contributed by atoms with Crippen LogP contribution in [0.2, 0.25) is 40.2 Å². The number of aliphatic hydroxyl groups excluding tert-OH is 2. The summed E-state index contributed by atoms with van der Waals surface area (Å²) in [7, 11) is 0. The highest BCUT2D eigenvalue weighted by Crippen LogP contribution is 2.55. The Labute approximate surface area is 801 Å². The Morgan fingerprint density at radius 3 is 1.34 bits per heavy atom. The third kappa shape index (κ3) is 22.9. The number of nitrogens with one attached hydrogen (secondary N) is 1. The second-order valence-corrected chi connectivity index (χ2v) is 43.2. The minimum absolute atomic E-state index is 0.00376. The molecule has 29 heteroatoms. The lowest BCUT2D eigenvalue weighted by atomic mass is 9.98. The molecule has 0 unspecified atom stereocenters. The maximum atomic E-state index is 13.7. The summed E-state index contributed by atoms with van der Waals surface area (Å²) in [5.74, 6) is 0.622. The lowest BCUT2D eigenvalue weighted by Gasteiger charge is -2.30. The first-order valence-electron chi connectivity index (χ1n) is 39.6. The number of nitrogens with zero attached hydrogens (tertiary/aromatic N) is 3. The van der Waals surface area contributed by atoms with Crippen LogP contribution in [0.1, 0.15) is 102 Å². The molecule has 0 spiro atoms. The van der Waals surface area contributed by atoms with Crippen molar-refractivity contribution in [1.29, 1.82) is 10.5 Å². The average Bonchev–Trinajstić information content (AvgIpc) is 1.60. The van der Waals surface area contributed by atoms with Crippen molar-refractivity contribution in [2.75, 3.05) is 32.8 Å². The summed E-state index contributed by atoms with van der Waals surface area (Å²) in [5.41, 5.74) is -0.571. The van der Waals surface area contributed by atoms with Gasteiger partial charge in [-0.25, -0.2) is 0 Å². The molecule has 1 saturated heterocycles. The van der Waals surface area contributed by atoms with Crippen molar-refractivity contribution < 1.29 is 39.2 Å². The lowest BCUT2D eigenvalue weighted by Crippen LogP contribution is -2.49. The van der Waals surface area contributed by atoms with Gasteiger partial charge >= 0.3 is 5.97 Å². The van der Waals surface area contributed by atoms with Gasteiger partial charge in [0.1, 0.15) is 24.7 Å². The number of aliphatic carboxylic acids is 1. The summed E-state index contributed by atoms with van der Waals surface area (Å²) < 4.78 is 20.9. The van der Waals surface area contributed by atoms with Crippen molar-refractivity contribution in [3.63, 3.8) is 0 Å². The molecule has 17 aromatic rings. The number of benzene rings is 9. The maximum Gasteiger partial charge on any atom is 0.314 e. The van der Waals surface area contributed by atoms with E-state index in [4.69, 9.17) is 118 Å². The van der Waals surface area contributed by atoms with Crippen LogP contribution in [-0.2, 0) is 44.2 Å². The number of amides is 1. The van der Waals surface area contributed by atoms with Gasteiger partial charge in [0, 0.05) is 119 Å². The molecule has 4 N–H and O–H groups in total. The monoisotopic (exact) mass is 2030 g/mol. The topological polar surface area (TPSA) is 193 Å². The lowest BCUT2D eigenvalue weighted by molar-refractivity contribution is -0.140. The quantitative estimate of drug-likeness (QED) is 0.0598. The minimum atomic E-state index is -0.854. The first kappa shape index (κ1) is 92.3. The molecule has 1 amide bonds. The summed E-state index contributed by atoms with van der Waals surface area (Å²) >= 11 is 63.8. The SMILES string of the molecule is Clc1ccc2sc(CBr)cc2c1.Clc1ccc2sccc2c1.N#CC1(c2cc3cc(Cl)ccc3s2)CC1.N#CCc1cc2cc(Cl)ccc2s1.O=C(N[C@H](CN1CCCC1)[C@H](O)c1ccc2c(c1)OCCO2)C1(c2cc3cc(Cl)ccc3s2)CC1.O=C(O)C1(c2cc3cc(Cl)ccc3s2)CC1.O=Cc1cc2cc(Cl)ccc2s1.OCc1cc2cc(Cl)ccc2s1.